The van der Waals surface area contributed by atoms with Crippen molar-refractivity contribution in [1.29, 1.82) is 0 Å². The number of aromatic nitrogens is 2. The number of sulfonamides is 1. The zero-order valence-corrected chi connectivity index (χ0v) is 15.4. The molecule has 7 nitrogen and oxygen atoms in total. The van der Waals surface area contributed by atoms with Crippen molar-refractivity contribution in [2.75, 3.05) is 26.5 Å². The summed E-state index contributed by atoms with van der Waals surface area (Å²) in [5, 5.41) is 7.90. The van der Waals surface area contributed by atoms with Gasteiger partial charge in [0.05, 0.1) is 25.2 Å². The van der Waals surface area contributed by atoms with Gasteiger partial charge in [-0.15, -0.1) is 0 Å². The van der Waals surface area contributed by atoms with E-state index < -0.39 is 10.0 Å². The number of hydrogen-bond acceptors (Lipinski definition) is 5. The van der Waals surface area contributed by atoms with Gasteiger partial charge in [-0.2, -0.15) is 5.10 Å². The quantitative estimate of drug-likeness (QED) is 0.838. The van der Waals surface area contributed by atoms with Gasteiger partial charge in [-0.25, -0.2) is 17.4 Å². The molecule has 136 valence electrons. The number of nitrogens with zero attached hydrogens (tertiary/aromatic N) is 3. The number of ether oxygens (including phenoxy) is 1. The average molecular weight is 364 g/mol. The fourth-order valence-corrected chi connectivity index (χ4v) is 3.87. The molecule has 1 saturated heterocycles. The van der Waals surface area contributed by atoms with E-state index in [2.05, 4.69) is 10.4 Å². The van der Waals surface area contributed by atoms with Gasteiger partial charge in [0.15, 0.2) is 0 Å². The van der Waals surface area contributed by atoms with Gasteiger partial charge < -0.3 is 10.1 Å². The highest BCUT2D eigenvalue weighted by Gasteiger charge is 2.24. The van der Waals surface area contributed by atoms with Gasteiger partial charge in [0.1, 0.15) is 5.75 Å². The normalized spacial score (nSPS) is 16.9. The maximum Gasteiger partial charge on any atom is 0.211 e. The summed E-state index contributed by atoms with van der Waals surface area (Å²) < 4.78 is 31.7. The first-order valence-electron chi connectivity index (χ1n) is 8.32. The summed E-state index contributed by atoms with van der Waals surface area (Å²) in [5.41, 5.74) is 2.04. The lowest BCUT2D eigenvalue weighted by molar-refractivity contribution is 0.290. The Morgan fingerprint density at radius 3 is 2.76 bits per heavy atom. The summed E-state index contributed by atoms with van der Waals surface area (Å²) in [7, 11) is -1.42. The molecule has 0 spiro atoms. The molecule has 1 N–H and O–H groups in total. The first-order chi connectivity index (χ1) is 12.0. The summed E-state index contributed by atoms with van der Waals surface area (Å²) in [5.74, 6) is 0.797. The topological polar surface area (TPSA) is 76.5 Å². The van der Waals surface area contributed by atoms with Crippen molar-refractivity contribution in [3.8, 4) is 11.4 Å². The molecule has 0 aliphatic carbocycles. The molecule has 3 rings (SSSR count). The summed E-state index contributed by atoms with van der Waals surface area (Å²) in [4.78, 5) is 0. The minimum atomic E-state index is -3.07. The average Bonchev–Trinajstić information content (AvgIpc) is 3.09. The van der Waals surface area contributed by atoms with Crippen molar-refractivity contribution >= 4 is 10.0 Å². The number of piperidine rings is 1. The second-order valence-corrected chi connectivity index (χ2v) is 8.29. The summed E-state index contributed by atoms with van der Waals surface area (Å²) in [6.45, 7) is 1.88. The predicted molar refractivity (Wildman–Crippen MR) is 96.4 cm³/mol. The van der Waals surface area contributed by atoms with E-state index in [1.54, 1.807) is 11.4 Å². The Kier molecular flexibility index (Phi) is 5.41. The van der Waals surface area contributed by atoms with Crippen LogP contribution in [0.15, 0.2) is 36.7 Å². The Labute approximate surface area is 148 Å². The second kappa shape index (κ2) is 7.55. The van der Waals surface area contributed by atoms with Crippen LogP contribution in [-0.2, 0) is 16.6 Å². The first-order valence-corrected chi connectivity index (χ1v) is 10.2. The largest absolute Gasteiger partial charge is 0.497 e. The fourth-order valence-electron chi connectivity index (χ4n) is 3.00. The molecule has 2 aromatic rings. The first kappa shape index (κ1) is 17.9. The van der Waals surface area contributed by atoms with Gasteiger partial charge in [-0.1, -0.05) is 6.07 Å². The van der Waals surface area contributed by atoms with E-state index in [0.717, 1.165) is 29.8 Å². The molecule has 2 heterocycles. The van der Waals surface area contributed by atoms with Crippen LogP contribution in [0, 0.1) is 0 Å². The van der Waals surface area contributed by atoms with Gasteiger partial charge in [-0.05, 0) is 25.0 Å². The molecule has 0 unspecified atom stereocenters. The zero-order chi connectivity index (χ0) is 17.9. The van der Waals surface area contributed by atoms with E-state index in [1.807, 2.05) is 41.3 Å². The van der Waals surface area contributed by atoms with E-state index in [9.17, 15) is 8.42 Å². The maximum absolute atomic E-state index is 11.5. The van der Waals surface area contributed by atoms with E-state index >= 15 is 0 Å². The minimum Gasteiger partial charge on any atom is -0.497 e. The van der Waals surface area contributed by atoms with Gasteiger partial charge in [0.2, 0.25) is 10.0 Å². The standard InChI is InChI=1S/C17H24N4O3S/c1-24-17-5-3-4-16(10-17)21-13-14(12-19-21)11-18-15-6-8-20(9-7-15)25(2,22)23/h3-5,10,12-13,15,18H,6-9,11H2,1-2H3. The van der Waals surface area contributed by atoms with Gasteiger partial charge in [0.25, 0.3) is 0 Å². The molecule has 1 aliphatic rings. The molecule has 0 bridgehead atoms. The molecule has 1 aliphatic heterocycles. The van der Waals surface area contributed by atoms with Crippen LogP contribution in [0.25, 0.3) is 5.69 Å². The van der Waals surface area contributed by atoms with Gasteiger partial charge in [0, 0.05) is 43.5 Å². The van der Waals surface area contributed by atoms with E-state index in [4.69, 9.17) is 4.74 Å². The molecule has 0 radical (unpaired) electrons. The summed E-state index contributed by atoms with van der Waals surface area (Å²) in [6, 6.07) is 8.08. The van der Waals surface area contributed by atoms with Crippen LogP contribution in [0.4, 0.5) is 0 Å². The van der Waals surface area contributed by atoms with Crippen LogP contribution in [0.5, 0.6) is 5.75 Å². The predicted octanol–water partition coefficient (Wildman–Crippen LogP) is 1.39. The molecule has 8 heteroatoms. The lowest BCUT2D eigenvalue weighted by Crippen LogP contribution is -2.44. The van der Waals surface area contributed by atoms with Crippen LogP contribution in [-0.4, -0.2) is 55.0 Å². The molecule has 25 heavy (non-hydrogen) atoms. The third kappa shape index (κ3) is 4.59. The Bertz CT molecular complexity index is 811. The molecule has 1 aromatic heterocycles. The second-order valence-electron chi connectivity index (χ2n) is 6.31. The van der Waals surface area contributed by atoms with Crippen LogP contribution in [0.1, 0.15) is 18.4 Å². The highest BCUT2D eigenvalue weighted by molar-refractivity contribution is 7.88. The van der Waals surface area contributed by atoms with Gasteiger partial charge >= 0.3 is 0 Å². The monoisotopic (exact) mass is 364 g/mol. The third-order valence-electron chi connectivity index (χ3n) is 4.47. The Balaban J connectivity index is 1.54. The van der Waals surface area contributed by atoms with Crippen molar-refractivity contribution in [1.82, 2.24) is 19.4 Å². The lowest BCUT2D eigenvalue weighted by atomic mass is 10.1. The maximum atomic E-state index is 11.5. The number of benzene rings is 1. The molecule has 0 saturated carbocycles. The smallest absolute Gasteiger partial charge is 0.211 e. The zero-order valence-electron chi connectivity index (χ0n) is 14.6. The van der Waals surface area contributed by atoms with Crippen LogP contribution in [0.3, 0.4) is 0 Å². The molecular formula is C17H24N4O3S. The van der Waals surface area contributed by atoms with Gasteiger partial charge in [-0.3, -0.25) is 0 Å². The van der Waals surface area contributed by atoms with Crippen LogP contribution < -0.4 is 10.1 Å². The van der Waals surface area contributed by atoms with Crippen LogP contribution in [0.2, 0.25) is 0 Å². The SMILES string of the molecule is COc1cccc(-n2cc(CNC3CCN(S(C)(=O)=O)CC3)cn2)c1. The number of hydrogen-bond donors (Lipinski definition) is 1. The highest BCUT2D eigenvalue weighted by Crippen LogP contribution is 2.17. The van der Waals surface area contributed by atoms with Crippen molar-refractivity contribution in [3.63, 3.8) is 0 Å². The number of rotatable bonds is 6. The number of nitrogens with one attached hydrogen (secondary N) is 1. The van der Waals surface area contributed by atoms with E-state index in [0.29, 0.717) is 25.7 Å². The third-order valence-corrected chi connectivity index (χ3v) is 5.77. The van der Waals surface area contributed by atoms with E-state index in [1.165, 1.54) is 6.26 Å². The van der Waals surface area contributed by atoms with Crippen molar-refractivity contribution in [3.05, 3.63) is 42.2 Å². The Hall–Kier alpha value is -1.90. The summed E-state index contributed by atoms with van der Waals surface area (Å²) >= 11 is 0. The Morgan fingerprint density at radius 1 is 1.32 bits per heavy atom. The lowest BCUT2D eigenvalue weighted by Gasteiger charge is -2.30. The molecular weight excluding hydrogens is 340 g/mol. The number of methoxy groups -OCH3 is 1. The van der Waals surface area contributed by atoms with Crippen molar-refractivity contribution in [2.24, 2.45) is 0 Å². The van der Waals surface area contributed by atoms with E-state index in [-0.39, 0.29) is 0 Å². The van der Waals surface area contributed by atoms with Crippen molar-refractivity contribution in [2.45, 2.75) is 25.4 Å². The van der Waals surface area contributed by atoms with Crippen LogP contribution >= 0.6 is 0 Å². The molecule has 0 amide bonds. The Morgan fingerprint density at radius 2 is 2.08 bits per heavy atom. The fraction of sp³-hybridized carbons (Fsp3) is 0.471. The highest BCUT2D eigenvalue weighted by atomic mass is 32.2. The molecule has 0 atom stereocenters. The van der Waals surface area contributed by atoms with Crippen molar-refractivity contribution < 1.29 is 13.2 Å². The molecule has 1 fully saturated rings. The minimum absolute atomic E-state index is 0.332. The summed E-state index contributed by atoms with van der Waals surface area (Å²) in [6.07, 6.45) is 6.77. The molecule has 1 aromatic carbocycles.